The van der Waals surface area contributed by atoms with Gasteiger partial charge in [-0.05, 0) is 31.5 Å². The third-order valence-electron chi connectivity index (χ3n) is 4.47. The molecule has 1 aromatic heterocycles. The van der Waals surface area contributed by atoms with Gasteiger partial charge in [-0.2, -0.15) is 0 Å². The number of esters is 1. The SMILES string of the molecule is CCOC(=O)c1c(-c2ccc(C)cc2)csc1NC(=O)c1cc(OC)cc(OC)c1. The van der Waals surface area contributed by atoms with Crippen LogP contribution in [0.25, 0.3) is 11.1 Å². The maximum atomic E-state index is 12.9. The summed E-state index contributed by atoms with van der Waals surface area (Å²) in [6.07, 6.45) is 0. The number of anilines is 1. The van der Waals surface area contributed by atoms with Gasteiger partial charge in [-0.15, -0.1) is 11.3 Å². The number of carbonyl (C=O) groups is 2. The van der Waals surface area contributed by atoms with Gasteiger partial charge in [-0.1, -0.05) is 29.8 Å². The molecule has 7 heteroatoms. The number of nitrogens with one attached hydrogen (secondary N) is 1. The molecule has 1 N–H and O–H groups in total. The second-order valence-electron chi connectivity index (χ2n) is 6.50. The van der Waals surface area contributed by atoms with Crippen LogP contribution in [0.4, 0.5) is 5.00 Å². The van der Waals surface area contributed by atoms with Crippen LogP contribution in [0.15, 0.2) is 47.8 Å². The molecule has 1 heterocycles. The van der Waals surface area contributed by atoms with Crippen LogP contribution in [0.2, 0.25) is 0 Å². The van der Waals surface area contributed by atoms with Crippen LogP contribution in [0.1, 0.15) is 33.2 Å². The Balaban J connectivity index is 1.98. The summed E-state index contributed by atoms with van der Waals surface area (Å²) in [5.41, 5.74) is 3.41. The molecule has 2 aromatic carbocycles. The van der Waals surface area contributed by atoms with Crippen molar-refractivity contribution in [1.82, 2.24) is 0 Å². The minimum atomic E-state index is -0.479. The second-order valence-corrected chi connectivity index (χ2v) is 7.38. The number of methoxy groups -OCH3 is 2. The Morgan fingerprint density at radius 2 is 1.63 bits per heavy atom. The molecule has 0 unspecified atom stereocenters. The van der Waals surface area contributed by atoms with Gasteiger partial charge >= 0.3 is 5.97 Å². The minimum absolute atomic E-state index is 0.239. The molecule has 0 atom stereocenters. The Labute approximate surface area is 179 Å². The van der Waals surface area contributed by atoms with Crippen molar-refractivity contribution in [2.24, 2.45) is 0 Å². The molecular formula is C23H23NO5S. The van der Waals surface area contributed by atoms with Gasteiger partial charge in [0.1, 0.15) is 22.1 Å². The summed E-state index contributed by atoms with van der Waals surface area (Å²) >= 11 is 1.28. The molecule has 3 rings (SSSR count). The van der Waals surface area contributed by atoms with Gasteiger partial charge in [0, 0.05) is 22.6 Å². The highest BCUT2D eigenvalue weighted by molar-refractivity contribution is 7.15. The Morgan fingerprint density at radius 1 is 1.00 bits per heavy atom. The van der Waals surface area contributed by atoms with Gasteiger partial charge in [-0.25, -0.2) is 4.79 Å². The first-order valence-electron chi connectivity index (χ1n) is 9.36. The molecular weight excluding hydrogens is 402 g/mol. The zero-order valence-corrected chi connectivity index (χ0v) is 18.1. The minimum Gasteiger partial charge on any atom is -0.497 e. The van der Waals surface area contributed by atoms with E-state index in [0.717, 1.165) is 16.7 Å². The lowest BCUT2D eigenvalue weighted by molar-refractivity contribution is 0.0529. The van der Waals surface area contributed by atoms with E-state index >= 15 is 0 Å². The van der Waals surface area contributed by atoms with E-state index in [1.54, 1.807) is 25.1 Å². The predicted molar refractivity (Wildman–Crippen MR) is 118 cm³/mol. The van der Waals surface area contributed by atoms with Gasteiger partial charge in [0.2, 0.25) is 0 Å². The van der Waals surface area contributed by atoms with Crippen molar-refractivity contribution >= 4 is 28.2 Å². The fourth-order valence-electron chi connectivity index (χ4n) is 2.92. The van der Waals surface area contributed by atoms with E-state index in [4.69, 9.17) is 14.2 Å². The predicted octanol–water partition coefficient (Wildman–Crippen LogP) is 5.17. The van der Waals surface area contributed by atoms with Gasteiger partial charge < -0.3 is 19.5 Å². The molecule has 0 radical (unpaired) electrons. The molecule has 30 heavy (non-hydrogen) atoms. The number of ether oxygens (including phenoxy) is 3. The highest BCUT2D eigenvalue weighted by Gasteiger charge is 2.23. The molecule has 0 aliphatic carbocycles. The molecule has 0 fully saturated rings. The van der Waals surface area contributed by atoms with Crippen molar-refractivity contribution in [3.8, 4) is 22.6 Å². The van der Waals surface area contributed by atoms with Crippen LogP contribution in [0.5, 0.6) is 11.5 Å². The van der Waals surface area contributed by atoms with Gasteiger partial charge in [0.05, 0.1) is 20.8 Å². The van der Waals surface area contributed by atoms with E-state index < -0.39 is 5.97 Å². The molecule has 156 valence electrons. The highest BCUT2D eigenvalue weighted by atomic mass is 32.1. The zero-order valence-electron chi connectivity index (χ0n) is 17.3. The van der Waals surface area contributed by atoms with E-state index in [1.807, 2.05) is 36.6 Å². The normalized spacial score (nSPS) is 10.4. The summed E-state index contributed by atoms with van der Waals surface area (Å²) in [5, 5.41) is 5.11. The first-order chi connectivity index (χ1) is 14.5. The molecule has 0 saturated heterocycles. The Bertz CT molecular complexity index is 1030. The summed E-state index contributed by atoms with van der Waals surface area (Å²) in [5.74, 6) is 0.135. The van der Waals surface area contributed by atoms with Crippen LogP contribution in [0, 0.1) is 6.92 Å². The molecule has 0 saturated carbocycles. The van der Waals surface area contributed by atoms with Crippen molar-refractivity contribution in [2.45, 2.75) is 13.8 Å². The Hall–Kier alpha value is -3.32. The van der Waals surface area contributed by atoms with Crippen LogP contribution in [-0.2, 0) is 4.74 Å². The number of hydrogen-bond donors (Lipinski definition) is 1. The average Bonchev–Trinajstić information content (AvgIpc) is 3.17. The van der Waals surface area contributed by atoms with Crippen molar-refractivity contribution in [2.75, 3.05) is 26.1 Å². The van der Waals surface area contributed by atoms with Gasteiger partial charge in [0.15, 0.2) is 0 Å². The maximum absolute atomic E-state index is 12.9. The fourth-order valence-corrected chi connectivity index (χ4v) is 3.87. The first-order valence-corrected chi connectivity index (χ1v) is 10.2. The smallest absolute Gasteiger partial charge is 0.341 e. The van der Waals surface area contributed by atoms with Crippen LogP contribution < -0.4 is 14.8 Å². The maximum Gasteiger partial charge on any atom is 0.341 e. The number of amides is 1. The van der Waals surface area contributed by atoms with E-state index in [0.29, 0.717) is 27.6 Å². The molecule has 1 amide bonds. The van der Waals surface area contributed by atoms with Crippen molar-refractivity contribution in [1.29, 1.82) is 0 Å². The van der Waals surface area contributed by atoms with E-state index in [-0.39, 0.29) is 12.5 Å². The van der Waals surface area contributed by atoms with Crippen LogP contribution in [0.3, 0.4) is 0 Å². The molecule has 0 bridgehead atoms. The Kier molecular flexibility index (Phi) is 6.74. The van der Waals surface area contributed by atoms with E-state index in [9.17, 15) is 9.59 Å². The van der Waals surface area contributed by atoms with E-state index in [1.165, 1.54) is 25.6 Å². The fraction of sp³-hybridized carbons (Fsp3) is 0.217. The molecule has 0 spiro atoms. The quantitative estimate of drug-likeness (QED) is 0.529. The summed E-state index contributed by atoms with van der Waals surface area (Å²) < 4.78 is 15.7. The van der Waals surface area contributed by atoms with Crippen LogP contribution in [-0.4, -0.2) is 32.7 Å². The molecule has 6 nitrogen and oxygen atoms in total. The summed E-state index contributed by atoms with van der Waals surface area (Å²) in [7, 11) is 3.03. The standard InChI is InChI=1S/C23H23NO5S/c1-5-29-23(26)20-19(15-8-6-14(2)7-9-15)13-30-22(20)24-21(25)16-10-17(27-3)12-18(11-16)28-4/h6-13H,5H2,1-4H3,(H,24,25). The highest BCUT2D eigenvalue weighted by Crippen LogP contribution is 2.37. The lowest BCUT2D eigenvalue weighted by atomic mass is 10.0. The number of aryl methyl sites for hydroxylation is 1. The van der Waals surface area contributed by atoms with Crippen LogP contribution >= 0.6 is 11.3 Å². The number of rotatable bonds is 7. The second kappa shape index (κ2) is 9.45. The largest absolute Gasteiger partial charge is 0.497 e. The molecule has 0 aliphatic heterocycles. The average molecular weight is 426 g/mol. The number of carbonyl (C=O) groups excluding carboxylic acids is 2. The number of hydrogen-bond acceptors (Lipinski definition) is 6. The summed E-state index contributed by atoms with van der Waals surface area (Å²) in [4.78, 5) is 25.6. The summed E-state index contributed by atoms with van der Waals surface area (Å²) in [6, 6.07) is 12.7. The Morgan fingerprint density at radius 3 is 2.20 bits per heavy atom. The van der Waals surface area contributed by atoms with Crippen molar-refractivity contribution in [3.63, 3.8) is 0 Å². The van der Waals surface area contributed by atoms with E-state index in [2.05, 4.69) is 5.32 Å². The van der Waals surface area contributed by atoms with Gasteiger partial charge in [0.25, 0.3) is 5.91 Å². The number of thiophene rings is 1. The molecule has 0 aliphatic rings. The van der Waals surface area contributed by atoms with Crippen molar-refractivity contribution in [3.05, 3.63) is 64.5 Å². The first kappa shape index (κ1) is 21.4. The lowest BCUT2D eigenvalue weighted by Gasteiger charge is -2.11. The molecule has 3 aromatic rings. The zero-order chi connectivity index (χ0) is 21.7. The van der Waals surface area contributed by atoms with Crippen molar-refractivity contribution < 1.29 is 23.8 Å². The third-order valence-corrected chi connectivity index (χ3v) is 5.37. The lowest BCUT2D eigenvalue weighted by Crippen LogP contribution is -2.15. The topological polar surface area (TPSA) is 73.9 Å². The monoisotopic (exact) mass is 425 g/mol. The number of benzene rings is 2. The van der Waals surface area contributed by atoms with Gasteiger partial charge in [-0.3, -0.25) is 4.79 Å². The summed E-state index contributed by atoms with van der Waals surface area (Å²) in [6.45, 7) is 3.98. The third kappa shape index (κ3) is 4.63.